The topological polar surface area (TPSA) is 79.1 Å². The number of rotatable bonds is 5. The number of fused-ring (bicyclic) bond motifs is 1. The van der Waals surface area contributed by atoms with Crippen molar-refractivity contribution in [1.82, 2.24) is 15.0 Å². The minimum atomic E-state index is -0.138. The summed E-state index contributed by atoms with van der Waals surface area (Å²) in [6, 6.07) is 5.80. The van der Waals surface area contributed by atoms with Crippen LogP contribution in [0.1, 0.15) is 67.4 Å². The fraction of sp³-hybridized carbons (Fsp3) is 0.577. The first kappa shape index (κ1) is 27.2. The summed E-state index contributed by atoms with van der Waals surface area (Å²) in [5.41, 5.74) is 2.75. The van der Waals surface area contributed by atoms with E-state index in [9.17, 15) is 9.59 Å². The molecule has 8 nitrogen and oxygen atoms in total. The molecule has 0 fully saturated rings. The summed E-state index contributed by atoms with van der Waals surface area (Å²) in [5, 5.41) is 4.69. The van der Waals surface area contributed by atoms with Crippen LogP contribution >= 0.6 is 11.6 Å². The number of hydrogen-bond donors (Lipinski definition) is 0. The van der Waals surface area contributed by atoms with E-state index in [0.717, 1.165) is 25.1 Å². The smallest absolute Gasteiger partial charge is 0.259 e. The predicted octanol–water partition coefficient (Wildman–Crippen LogP) is 4.50. The van der Waals surface area contributed by atoms with E-state index in [0.29, 0.717) is 53.4 Å². The molecule has 1 aliphatic heterocycles. The van der Waals surface area contributed by atoms with Gasteiger partial charge in [0, 0.05) is 50.9 Å². The molecule has 1 aliphatic rings. The van der Waals surface area contributed by atoms with Gasteiger partial charge in [-0.1, -0.05) is 36.7 Å². The van der Waals surface area contributed by atoms with Crippen LogP contribution in [0.4, 0.5) is 5.69 Å². The van der Waals surface area contributed by atoms with Crippen molar-refractivity contribution in [2.45, 2.75) is 59.5 Å². The Balaban J connectivity index is 2.08. The van der Waals surface area contributed by atoms with Gasteiger partial charge in [-0.3, -0.25) is 14.5 Å². The molecule has 35 heavy (non-hydrogen) atoms. The summed E-state index contributed by atoms with van der Waals surface area (Å²) in [5.74, 6) is 0.310. The number of carbonyl (C=O) groups excluding carboxylic acids is 2. The number of ether oxygens (including phenoxy) is 1. The van der Waals surface area contributed by atoms with Crippen LogP contribution < -0.4 is 4.90 Å². The van der Waals surface area contributed by atoms with E-state index in [-0.39, 0.29) is 24.3 Å². The highest BCUT2D eigenvalue weighted by molar-refractivity contribution is 6.31. The van der Waals surface area contributed by atoms with Crippen LogP contribution in [-0.2, 0) is 16.1 Å². The molecule has 3 rings (SSSR count). The highest BCUT2D eigenvalue weighted by Crippen LogP contribution is 2.29. The van der Waals surface area contributed by atoms with E-state index < -0.39 is 0 Å². The number of aryl methyl sites for hydroxylation is 1. The molecule has 0 N–H and O–H groups in total. The summed E-state index contributed by atoms with van der Waals surface area (Å²) >= 11 is 6.37. The van der Waals surface area contributed by atoms with Gasteiger partial charge in [0.25, 0.3) is 11.8 Å². The first-order valence-electron chi connectivity index (χ1n) is 12.2. The van der Waals surface area contributed by atoms with Crippen molar-refractivity contribution >= 4 is 29.1 Å². The van der Waals surface area contributed by atoms with Gasteiger partial charge in [0.2, 0.25) is 0 Å². The molecule has 2 heterocycles. The van der Waals surface area contributed by atoms with Crippen LogP contribution in [0.2, 0.25) is 5.02 Å². The average Bonchev–Trinajstić information content (AvgIpc) is 3.18. The second-order valence-corrected chi connectivity index (χ2v) is 10.1. The van der Waals surface area contributed by atoms with Gasteiger partial charge in [-0.15, -0.1) is 0 Å². The number of aromatic nitrogens is 1. The largest absolute Gasteiger partial charge is 0.375 e. The van der Waals surface area contributed by atoms with Gasteiger partial charge in [-0.05, 0) is 50.8 Å². The normalized spacial score (nSPS) is 15.9. The van der Waals surface area contributed by atoms with Crippen LogP contribution in [-0.4, -0.2) is 72.7 Å². The summed E-state index contributed by atoms with van der Waals surface area (Å²) in [7, 11) is 1.51. The lowest BCUT2D eigenvalue weighted by atomic mass is 10.0. The van der Waals surface area contributed by atoms with E-state index in [1.54, 1.807) is 24.0 Å². The van der Waals surface area contributed by atoms with E-state index in [1.165, 1.54) is 7.11 Å². The molecule has 0 bridgehead atoms. The molecule has 2 amide bonds. The molecule has 192 valence electrons. The second kappa shape index (κ2) is 12.0. The predicted molar refractivity (Wildman–Crippen MR) is 137 cm³/mol. The zero-order valence-electron chi connectivity index (χ0n) is 21.6. The molecule has 0 saturated heterocycles. The molecule has 0 spiro atoms. The number of carbonyl (C=O) groups is 2. The Morgan fingerprint density at radius 2 is 1.89 bits per heavy atom. The highest BCUT2D eigenvalue weighted by Gasteiger charge is 2.29. The minimum Gasteiger partial charge on any atom is -0.375 e. The van der Waals surface area contributed by atoms with Gasteiger partial charge in [0.05, 0.1) is 11.4 Å². The van der Waals surface area contributed by atoms with Crippen molar-refractivity contribution in [2.75, 3.05) is 44.8 Å². The van der Waals surface area contributed by atoms with E-state index >= 15 is 0 Å². The third kappa shape index (κ3) is 6.42. The molecular weight excluding hydrogens is 468 g/mol. The molecule has 2 aromatic rings. The Morgan fingerprint density at radius 3 is 2.54 bits per heavy atom. The van der Waals surface area contributed by atoms with Crippen molar-refractivity contribution < 1.29 is 18.8 Å². The van der Waals surface area contributed by atoms with Crippen molar-refractivity contribution in [3.8, 4) is 0 Å². The molecule has 0 saturated carbocycles. The Hall–Kier alpha value is -2.42. The van der Waals surface area contributed by atoms with Crippen LogP contribution in [0, 0.1) is 6.92 Å². The van der Waals surface area contributed by atoms with Gasteiger partial charge in [-0.25, -0.2) is 0 Å². The van der Waals surface area contributed by atoms with Crippen LogP contribution in [0.5, 0.6) is 0 Å². The zero-order chi connectivity index (χ0) is 25.7. The fourth-order valence-corrected chi connectivity index (χ4v) is 4.64. The lowest BCUT2D eigenvalue weighted by Crippen LogP contribution is -2.41. The molecule has 0 radical (unpaired) electrons. The number of amides is 2. The maximum Gasteiger partial charge on any atom is 0.259 e. The van der Waals surface area contributed by atoms with Crippen LogP contribution in [0.3, 0.4) is 0 Å². The van der Waals surface area contributed by atoms with E-state index in [1.807, 2.05) is 24.8 Å². The van der Waals surface area contributed by atoms with Gasteiger partial charge < -0.3 is 19.1 Å². The van der Waals surface area contributed by atoms with Crippen LogP contribution in [0.25, 0.3) is 0 Å². The third-order valence-electron chi connectivity index (χ3n) is 6.42. The first-order chi connectivity index (χ1) is 16.6. The molecule has 0 unspecified atom stereocenters. The quantitative estimate of drug-likeness (QED) is 0.596. The molecular formula is C26H37ClN4O4. The van der Waals surface area contributed by atoms with Crippen molar-refractivity contribution in [3.05, 3.63) is 45.8 Å². The SMILES string of the molecule is COCC(=O)N1CCCN(C(C)C)CCN(C(=O)c2c(C(C)C)noc2C)Cc2ccc(Cl)cc21. The monoisotopic (exact) mass is 504 g/mol. The molecule has 0 aliphatic carbocycles. The lowest BCUT2D eigenvalue weighted by Gasteiger charge is -2.30. The summed E-state index contributed by atoms with van der Waals surface area (Å²) in [6.45, 7) is 13.0. The third-order valence-corrected chi connectivity index (χ3v) is 6.65. The van der Waals surface area contributed by atoms with Crippen molar-refractivity contribution in [1.29, 1.82) is 0 Å². The Bertz CT molecular complexity index is 1040. The number of nitrogens with zero attached hydrogens (tertiary/aromatic N) is 4. The number of benzene rings is 1. The Kier molecular flexibility index (Phi) is 9.33. The standard InChI is InChI=1S/C26H37ClN4O4/c1-17(2)25-24(19(5)35-28-25)26(33)30-13-12-29(18(3)4)10-7-11-31(23(32)16-34-6)22-14-21(27)9-8-20(22)15-30/h8-9,14,17-18H,7,10-13,15-16H2,1-6H3. The summed E-state index contributed by atoms with van der Waals surface area (Å²) in [6.07, 6.45) is 0.787. The van der Waals surface area contributed by atoms with Crippen molar-refractivity contribution in [3.63, 3.8) is 0 Å². The van der Waals surface area contributed by atoms with E-state index in [2.05, 4.69) is 23.9 Å². The number of anilines is 1. The minimum absolute atomic E-state index is 0.0277. The molecule has 0 atom stereocenters. The molecule has 9 heteroatoms. The number of hydrogen-bond acceptors (Lipinski definition) is 6. The Labute approximate surface area is 213 Å². The molecule has 1 aromatic heterocycles. The number of methoxy groups -OCH3 is 1. The van der Waals surface area contributed by atoms with Gasteiger partial charge in [-0.2, -0.15) is 0 Å². The fourth-order valence-electron chi connectivity index (χ4n) is 4.47. The average molecular weight is 505 g/mol. The van der Waals surface area contributed by atoms with Gasteiger partial charge >= 0.3 is 0 Å². The maximum atomic E-state index is 13.9. The molecule has 1 aromatic carbocycles. The van der Waals surface area contributed by atoms with Gasteiger partial charge in [0.1, 0.15) is 17.9 Å². The lowest BCUT2D eigenvalue weighted by molar-refractivity contribution is -0.122. The number of halogens is 1. The maximum absolute atomic E-state index is 13.9. The zero-order valence-corrected chi connectivity index (χ0v) is 22.4. The van der Waals surface area contributed by atoms with Crippen molar-refractivity contribution in [2.24, 2.45) is 0 Å². The second-order valence-electron chi connectivity index (χ2n) is 9.62. The Morgan fingerprint density at radius 1 is 1.14 bits per heavy atom. The van der Waals surface area contributed by atoms with Crippen LogP contribution in [0.15, 0.2) is 22.7 Å². The summed E-state index contributed by atoms with van der Waals surface area (Å²) < 4.78 is 10.6. The summed E-state index contributed by atoms with van der Waals surface area (Å²) in [4.78, 5) is 32.9. The van der Waals surface area contributed by atoms with Gasteiger partial charge in [0.15, 0.2) is 0 Å². The highest BCUT2D eigenvalue weighted by atomic mass is 35.5. The van der Waals surface area contributed by atoms with E-state index in [4.69, 9.17) is 20.9 Å². The first-order valence-corrected chi connectivity index (χ1v) is 12.6.